The first-order valence-corrected chi connectivity index (χ1v) is 1.15. The van der Waals surface area contributed by atoms with Gasteiger partial charge in [0.05, 0.1) is 0 Å². The molecule has 5 heteroatoms. The molecule has 22 valence electrons. The molecule has 0 unspecified atom stereocenters. The van der Waals surface area contributed by atoms with Gasteiger partial charge in [-0.05, 0) is 0 Å². The van der Waals surface area contributed by atoms with Crippen LogP contribution in [0, 0.1) is 0 Å². The molecule has 0 radical (unpaired) electrons. The van der Waals surface area contributed by atoms with Gasteiger partial charge in [0.25, 0.3) is 0 Å². The summed E-state index contributed by atoms with van der Waals surface area (Å²) >= 11 is 0. The average molecular weight is 144 g/mol. The Morgan fingerprint density at radius 3 is 1.40 bits per heavy atom. The van der Waals surface area contributed by atoms with E-state index >= 15 is 0 Å². The average Bonchev–Trinajstić information content (AvgIpc) is 0.918. The molecule has 0 aliphatic carbocycles. The third-order valence-electron chi connectivity index (χ3n) is 0. The van der Waals surface area contributed by atoms with E-state index in [4.69, 9.17) is 9.46 Å². The van der Waals surface area contributed by atoms with E-state index in [1.807, 2.05) is 0 Å². The fourth-order valence-electron chi connectivity index (χ4n) is 0. The molecule has 5 heavy (non-hydrogen) atoms. The summed E-state index contributed by atoms with van der Waals surface area (Å²) in [6.45, 7) is 0. The molecule has 0 rings (SSSR count). The minimum atomic E-state index is -0.833. The second-order valence-corrected chi connectivity index (χ2v) is 0.245. The van der Waals surface area contributed by atoms with E-state index in [1.165, 1.54) is 0 Å². The third kappa shape index (κ3) is 18.8. The van der Waals surface area contributed by atoms with E-state index in [-0.39, 0.29) is 103 Å². The Hall–Kier alpha value is 3.33. The number of hydrogen-bond acceptors (Lipinski definition) is 1. The monoisotopic (exact) mass is 144 g/mol. The van der Waals surface area contributed by atoms with Gasteiger partial charge in [-0.25, -0.2) is 4.57 Å². The van der Waals surface area contributed by atoms with E-state index < -0.39 is 8.69 Å². The van der Waals surface area contributed by atoms with Gasteiger partial charge in [-0.15, -0.1) is 0 Å². The summed E-state index contributed by atoms with van der Waals surface area (Å²) in [4.78, 5) is 6.99. The van der Waals surface area contributed by atoms with Crippen LogP contribution in [0.3, 0.4) is 0 Å². The molecule has 0 heterocycles. The Morgan fingerprint density at radius 1 is 1.40 bits per heavy atom. The van der Waals surface area contributed by atoms with Crippen molar-refractivity contribution < 1.29 is 9.46 Å². The second-order valence-electron chi connectivity index (χ2n) is 0.0816. The van der Waals surface area contributed by atoms with Crippen molar-refractivity contribution in [3.05, 3.63) is 0 Å². The van der Waals surface area contributed by atoms with Crippen LogP contribution in [0.15, 0.2) is 0 Å². The fourth-order valence-corrected chi connectivity index (χ4v) is 0. The summed E-state index contributed by atoms with van der Waals surface area (Å²) in [5.41, 5.74) is 0. The molecule has 0 aliphatic heterocycles. The van der Waals surface area contributed by atoms with Crippen LogP contribution in [0.25, 0.3) is 0 Å². The Bertz CT molecular complexity index is 15.1. The third-order valence-corrected chi connectivity index (χ3v) is 0. The first kappa shape index (κ1) is 15.8. The Kier molecular flexibility index (Phi) is 49.4. The molecule has 1 N–H and O–H groups in total. The van der Waals surface area contributed by atoms with E-state index in [9.17, 15) is 0 Å². The molecule has 0 aromatic rings. The van der Waals surface area contributed by atoms with Gasteiger partial charge in [0, 0.05) is 0 Å². The molecule has 0 atom stereocenters. The second kappa shape index (κ2) is 15.7. The van der Waals surface area contributed by atoms with Gasteiger partial charge in [0.1, 0.15) is 0 Å². The molecule has 2 nitrogen and oxygen atoms in total. The Balaban J connectivity index is -0.0000000200. The maximum atomic E-state index is 8.46. The van der Waals surface area contributed by atoms with Gasteiger partial charge in [0.2, 0.25) is 0 Å². The van der Waals surface area contributed by atoms with Gasteiger partial charge in [-0.1, -0.05) is 0 Å². The molecular weight excluding hydrogens is 141 g/mol. The first-order valence-electron chi connectivity index (χ1n) is 0.383. The van der Waals surface area contributed by atoms with Crippen LogP contribution < -0.4 is 0 Å². The molecule has 0 aromatic heterocycles. The van der Waals surface area contributed by atoms with Crippen molar-refractivity contribution in [1.82, 2.24) is 0 Å². The zero-order chi connectivity index (χ0) is 2.71. The summed E-state index contributed by atoms with van der Waals surface area (Å²) < 4.78 is 8.46. The summed E-state index contributed by atoms with van der Waals surface area (Å²) in [6.07, 6.45) is 0. The van der Waals surface area contributed by atoms with Crippen molar-refractivity contribution in [3.63, 3.8) is 0 Å². The zero-order valence-corrected chi connectivity index (χ0v) is 2.20. The summed E-state index contributed by atoms with van der Waals surface area (Å²) in [5.74, 6) is 0. The van der Waals surface area contributed by atoms with Gasteiger partial charge in [-0.2, -0.15) is 0 Å². The molecule has 0 bridgehead atoms. The molecular formula is H3K2O2P. The number of hydrogen-bond donors (Lipinski definition) is 1. The molecule has 0 fully saturated rings. The summed E-state index contributed by atoms with van der Waals surface area (Å²) in [7, 11) is -0.833. The number of rotatable bonds is 0. The fraction of sp³-hybridized carbons (Fsp3) is 0. The molecule has 0 saturated heterocycles. The van der Waals surface area contributed by atoms with E-state index in [0.29, 0.717) is 0 Å². The van der Waals surface area contributed by atoms with Crippen molar-refractivity contribution >= 4 is 111 Å². The standard InChI is InChI=1S/2K.HO2P.2H/c;;1-3-2;;/h;;(H,1,2);;. The molecule has 0 saturated carbocycles. The van der Waals surface area contributed by atoms with Crippen LogP contribution >= 0.6 is 8.69 Å². The van der Waals surface area contributed by atoms with Crippen LogP contribution in [0.2, 0.25) is 0 Å². The first-order chi connectivity index (χ1) is 1.41. The van der Waals surface area contributed by atoms with Crippen LogP contribution in [0.5, 0.6) is 0 Å². The van der Waals surface area contributed by atoms with Crippen molar-refractivity contribution in [3.8, 4) is 0 Å². The van der Waals surface area contributed by atoms with Crippen LogP contribution in [0.4, 0.5) is 0 Å². The zero-order valence-electron chi connectivity index (χ0n) is 1.30. The normalized spacial score (nSPS) is 4.20. The summed E-state index contributed by atoms with van der Waals surface area (Å²) in [6, 6.07) is 0. The van der Waals surface area contributed by atoms with E-state index in [1.54, 1.807) is 0 Å². The van der Waals surface area contributed by atoms with Crippen molar-refractivity contribution in [2.45, 2.75) is 0 Å². The minimum absolute atomic E-state index is 0. The predicted molar refractivity (Wildman–Crippen MR) is 24.1 cm³/mol. The molecule has 0 spiro atoms. The van der Waals surface area contributed by atoms with Crippen molar-refractivity contribution in [1.29, 1.82) is 0 Å². The van der Waals surface area contributed by atoms with Crippen molar-refractivity contribution in [2.24, 2.45) is 0 Å². The molecule has 0 aliphatic rings. The van der Waals surface area contributed by atoms with E-state index in [0.717, 1.165) is 0 Å². The SMILES string of the molecule is O=PO.[KH].[KH]. The maximum absolute atomic E-state index is 8.46. The van der Waals surface area contributed by atoms with Gasteiger partial charge in [-0.3, -0.25) is 0 Å². The molecule has 0 aromatic carbocycles. The van der Waals surface area contributed by atoms with E-state index in [2.05, 4.69) is 0 Å². The van der Waals surface area contributed by atoms with Gasteiger partial charge < -0.3 is 4.89 Å². The quantitative estimate of drug-likeness (QED) is 0.346. The van der Waals surface area contributed by atoms with Gasteiger partial charge in [0.15, 0.2) is 0 Å². The molecule has 0 amide bonds. The van der Waals surface area contributed by atoms with Crippen LogP contribution in [-0.2, 0) is 4.57 Å². The predicted octanol–water partition coefficient (Wildman–Crippen LogP) is -1.11. The topological polar surface area (TPSA) is 37.3 Å². The van der Waals surface area contributed by atoms with Gasteiger partial charge >= 0.3 is 111 Å². The Morgan fingerprint density at radius 2 is 1.40 bits per heavy atom. The Labute approximate surface area is 117 Å². The van der Waals surface area contributed by atoms with Crippen LogP contribution in [-0.4, -0.2) is 108 Å². The van der Waals surface area contributed by atoms with Crippen LogP contribution in [0.1, 0.15) is 0 Å². The van der Waals surface area contributed by atoms with Crippen molar-refractivity contribution in [2.75, 3.05) is 0 Å². The summed E-state index contributed by atoms with van der Waals surface area (Å²) in [5, 5.41) is 0.